The fourth-order valence-corrected chi connectivity index (χ4v) is 2.72. The van der Waals surface area contributed by atoms with Crippen molar-refractivity contribution in [2.45, 2.75) is 19.8 Å². The Morgan fingerprint density at radius 3 is 2.69 bits per heavy atom. The van der Waals surface area contributed by atoms with E-state index < -0.39 is 6.09 Å². The number of rotatable bonds is 5. The highest BCUT2D eigenvalue weighted by Gasteiger charge is 2.11. The maximum absolute atomic E-state index is 12.3. The molecule has 3 aromatic rings. The number of anilines is 1. The van der Waals surface area contributed by atoms with Gasteiger partial charge in [-0.2, -0.15) is 5.10 Å². The van der Waals surface area contributed by atoms with Crippen LogP contribution < -0.4 is 10.9 Å². The zero-order valence-electron chi connectivity index (χ0n) is 14.9. The van der Waals surface area contributed by atoms with Crippen LogP contribution in [-0.4, -0.2) is 22.5 Å². The molecule has 6 heteroatoms. The lowest BCUT2D eigenvalue weighted by Gasteiger charge is -2.10. The monoisotopic (exact) mass is 351 g/mol. The standard InChI is InChI=1S/C20H21N3O3/c1-3-4-12-26-20(25)21-15-9-7-8-14(13-15)18-16-10-5-6-11-17(16)19(24)23(2)22-18/h5-11,13H,3-4,12H2,1-2H3,(H,21,25). The Morgan fingerprint density at radius 2 is 1.92 bits per heavy atom. The summed E-state index contributed by atoms with van der Waals surface area (Å²) in [4.78, 5) is 24.1. The minimum absolute atomic E-state index is 0.141. The summed E-state index contributed by atoms with van der Waals surface area (Å²) in [6.45, 7) is 2.43. The van der Waals surface area contributed by atoms with Crippen molar-refractivity contribution in [2.75, 3.05) is 11.9 Å². The topological polar surface area (TPSA) is 73.2 Å². The van der Waals surface area contributed by atoms with Crippen molar-refractivity contribution in [3.8, 4) is 11.3 Å². The van der Waals surface area contributed by atoms with Crippen LogP contribution in [-0.2, 0) is 11.8 Å². The fourth-order valence-electron chi connectivity index (χ4n) is 2.72. The first-order valence-electron chi connectivity index (χ1n) is 8.60. The molecule has 1 heterocycles. The maximum atomic E-state index is 12.3. The minimum Gasteiger partial charge on any atom is -0.449 e. The molecule has 0 atom stereocenters. The van der Waals surface area contributed by atoms with E-state index >= 15 is 0 Å². The molecule has 0 saturated heterocycles. The summed E-state index contributed by atoms with van der Waals surface area (Å²) in [5.41, 5.74) is 1.97. The highest BCUT2D eigenvalue weighted by molar-refractivity contribution is 5.95. The van der Waals surface area contributed by atoms with Crippen LogP contribution in [0.2, 0.25) is 0 Å². The van der Waals surface area contributed by atoms with Gasteiger partial charge in [-0.05, 0) is 24.6 Å². The number of nitrogens with zero attached hydrogens (tertiary/aromatic N) is 2. The lowest BCUT2D eigenvalue weighted by atomic mass is 10.0. The number of aryl methyl sites for hydroxylation is 1. The van der Waals surface area contributed by atoms with E-state index in [0.29, 0.717) is 23.4 Å². The number of fused-ring (bicyclic) bond motifs is 1. The lowest BCUT2D eigenvalue weighted by molar-refractivity contribution is 0.160. The molecule has 0 bridgehead atoms. The average molecular weight is 351 g/mol. The molecule has 26 heavy (non-hydrogen) atoms. The van der Waals surface area contributed by atoms with Crippen molar-refractivity contribution < 1.29 is 9.53 Å². The molecular formula is C20H21N3O3. The SMILES string of the molecule is CCCCOC(=O)Nc1cccc(-c2nn(C)c(=O)c3ccccc23)c1. The van der Waals surface area contributed by atoms with Crippen LogP contribution >= 0.6 is 0 Å². The minimum atomic E-state index is -0.478. The third-order valence-corrected chi connectivity index (χ3v) is 4.07. The molecule has 6 nitrogen and oxygen atoms in total. The molecule has 0 saturated carbocycles. The molecule has 0 aliphatic heterocycles. The zero-order chi connectivity index (χ0) is 18.5. The summed E-state index contributed by atoms with van der Waals surface area (Å²) in [7, 11) is 1.63. The van der Waals surface area contributed by atoms with Crippen LogP contribution in [0.1, 0.15) is 19.8 Å². The van der Waals surface area contributed by atoms with Gasteiger partial charge in [-0.15, -0.1) is 0 Å². The van der Waals surface area contributed by atoms with Crippen LogP contribution in [0.4, 0.5) is 10.5 Å². The Balaban J connectivity index is 1.94. The number of aromatic nitrogens is 2. The van der Waals surface area contributed by atoms with Crippen LogP contribution in [0.5, 0.6) is 0 Å². The molecule has 0 spiro atoms. The van der Waals surface area contributed by atoms with E-state index in [-0.39, 0.29) is 5.56 Å². The third-order valence-electron chi connectivity index (χ3n) is 4.07. The molecule has 0 fully saturated rings. The molecule has 134 valence electrons. The van der Waals surface area contributed by atoms with Crippen LogP contribution in [0.15, 0.2) is 53.3 Å². The van der Waals surface area contributed by atoms with Crippen molar-refractivity contribution in [3.63, 3.8) is 0 Å². The number of carbonyl (C=O) groups excluding carboxylic acids is 1. The number of ether oxygens (including phenoxy) is 1. The van der Waals surface area contributed by atoms with Gasteiger partial charge in [-0.25, -0.2) is 9.48 Å². The number of nitrogens with one attached hydrogen (secondary N) is 1. The maximum Gasteiger partial charge on any atom is 0.411 e. The van der Waals surface area contributed by atoms with Gasteiger partial charge in [0.05, 0.1) is 17.7 Å². The number of benzene rings is 2. The Labute approximate surface area is 151 Å². The van der Waals surface area contributed by atoms with Gasteiger partial charge in [-0.3, -0.25) is 10.1 Å². The second-order valence-electron chi connectivity index (χ2n) is 6.02. The smallest absolute Gasteiger partial charge is 0.411 e. The summed E-state index contributed by atoms with van der Waals surface area (Å²) in [6, 6.07) is 14.7. The first-order chi connectivity index (χ1) is 12.6. The van der Waals surface area contributed by atoms with Gasteiger partial charge in [0.25, 0.3) is 5.56 Å². The van der Waals surface area contributed by atoms with E-state index in [1.54, 1.807) is 19.2 Å². The van der Waals surface area contributed by atoms with Gasteiger partial charge in [0.2, 0.25) is 0 Å². The molecule has 0 aliphatic carbocycles. The Bertz CT molecular complexity index is 995. The predicted octanol–water partition coefficient (Wildman–Crippen LogP) is 3.95. The molecule has 0 unspecified atom stereocenters. The number of hydrogen-bond acceptors (Lipinski definition) is 4. The fraction of sp³-hybridized carbons (Fsp3) is 0.250. The number of unbranched alkanes of at least 4 members (excludes halogenated alkanes) is 1. The summed E-state index contributed by atoms with van der Waals surface area (Å²) in [5.74, 6) is 0. The average Bonchev–Trinajstić information content (AvgIpc) is 2.65. The van der Waals surface area contributed by atoms with Gasteiger partial charge >= 0.3 is 6.09 Å². The van der Waals surface area contributed by atoms with Crippen LogP contribution in [0.25, 0.3) is 22.0 Å². The van der Waals surface area contributed by atoms with Crippen molar-refractivity contribution in [1.29, 1.82) is 0 Å². The Morgan fingerprint density at radius 1 is 1.15 bits per heavy atom. The van der Waals surface area contributed by atoms with E-state index in [2.05, 4.69) is 10.4 Å². The molecule has 0 radical (unpaired) electrons. The predicted molar refractivity (Wildman–Crippen MR) is 102 cm³/mol. The van der Waals surface area contributed by atoms with Crippen molar-refractivity contribution in [2.24, 2.45) is 7.05 Å². The first kappa shape index (κ1) is 17.7. The Hall–Kier alpha value is -3.15. The summed E-state index contributed by atoms with van der Waals surface area (Å²) < 4.78 is 6.46. The summed E-state index contributed by atoms with van der Waals surface area (Å²) in [5, 5.41) is 8.52. The quantitative estimate of drug-likeness (QED) is 0.707. The van der Waals surface area contributed by atoms with E-state index in [1.807, 2.05) is 43.3 Å². The van der Waals surface area contributed by atoms with E-state index in [4.69, 9.17) is 4.74 Å². The van der Waals surface area contributed by atoms with E-state index in [9.17, 15) is 9.59 Å². The van der Waals surface area contributed by atoms with Gasteiger partial charge < -0.3 is 4.74 Å². The zero-order valence-corrected chi connectivity index (χ0v) is 14.9. The second kappa shape index (κ2) is 7.82. The first-order valence-corrected chi connectivity index (χ1v) is 8.60. The largest absolute Gasteiger partial charge is 0.449 e. The molecule has 1 amide bonds. The molecule has 3 rings (SSSR count). The van der Waals surface area contributed by atoms with Gasteiger partial charge in [0, 0.05) is 23.7 Å². The van der Waals surface area contributed by atoms with Gasteiger partial charge in [0.1, 0.15) is 0 Å². The van der Waals surface area contributed by atoms with Crippen LogP contribution in [0.3, 0.4) is 0 Å². The molecule has 0 aliphatic rings. The number of carbonyl (C=O) groups is 1. The van der Waals surface area contributed by atoms with E-state index in [1.165, 1.54) is 4.68 Å². The van der Waals surface area contributed by atoms with Gasteiger partial charge in [-0.1, -0.05) is 43.7 Å². The summed E-state index contributed by atoms with van der Waals surface area (Å²) >= 11 is 0. The van der Waals surface area contributed by atoms with Crippen molar-refractivity contribution in [1.82, 2.24) is 9.78 Å². The van der Waals surface area contributed by atoms with Crippen molar-refractivity contribution >= 4 is 22.6 Å². The molecule has 2 aromatic carbocycles. The molecule has 1 N–H and O–H groups in total. The highest BCUT2D eigenvalue weighted by Crippen LogP contribution is 2.26. The summed E-state index contributed by atoms with van der Waals surface area (Å²) in [6.07, 6.45) is 1.32. The van der Waals surface area contributed by atoms with E-state index in [0.717, 1.165) is 23.8 Å². The molecular weight excluding hydrogens is 330 g/mol. The lowest BCUT2D eigenvalue weighted by Crippen LogP contribution is -2.20. The number of hydrogen-bond donors (Lipinski definition) is 1. The third kappa shape index (κ3) is 3.74. The second-order valence-corrected chi connectivity index (χ2v) is 6.02. The normalized spacial score (nSPS) is 10.7. The van der Waals surface area contributed by atoms with Gasteiger partial charge in [0.15, 0.2) is 0 Å². The molecule has 1 aromatic heterocycles. The Kier molecular flexibility index (Phi) is 5.31. The number of amides is 1. The highest BCUT2D eigenvalue weighted by atomic mass is 16.5. The van der Waals surface area contributed by atoms with Crippen LogP contribution in [0, 0.1) is 0 Å². The van der Waals surface area contributed by atoms with Crippen molar-refractivity contribution in [3.05, 3.63) is 58.9 Å².